The maximum absolute atomic E-state index is 10.8. The molecule has 25 heavy (non-hydrogen) atoms. The number of hydrogen-bond acceptors (Lipinski definition) is 6. The van der Waals surface area contributed by atoms with Gasteiger partial charge in [0.25, 0.3) is 5.69 Å². The number of benzene rings is 1. The van der Waals surface area contributed by atoms with Gasteiger partial charge in [0.1, 0.15) is 0 Å². The van der Waals surface area contributed by atoms with Crippen molar-refractivity contribution >= 4 is 22.7 Å². The fourth-order valence-corrected chi connectivity index (χ4v) is 3.08. The zero-order valence-electron chi connectivity index (χ0n) is 13.7. The summed E-state index contributed by atoms with van der Waals surface area (Å²) in [5.74, 6) is 0. The van der Waals surface area contributed by atoms with Gasteiger partial charge in [-0.25, -0.2) is 0 Å². The van der Waals surface area contributed by atoms with E-state index < -0.39 is 4.92 Å². The molecule has 0 aliphatic rings. The van der Waals surface area contributed by atoms with Gasteiger partial charge < -0.3 is 4.57 Å². The van der Waals surface area contributed by atoms with E-state index in [0.717, 1.165) is 27.5 Å². The lowest BCUT2D eigenvalue weighted by molar-refractivity contribution is -0.384. The molecule has 0 aliphatic heterocycles. The van der Waals surface area contributed by atoms with Crippen LogP contribution in [0.15, 0.2) is 64.2 Å². The van der Waals surface area contributed by atoms with Crippen molar-refractivity contribution in [2.75, 3.05) is 0 Å². The molecule has 0 N–H and O–H groups in total. The minimum absolute atomic E-state index is 0.0714. The Morgan fingerprint density at radius 1 is 1.24 bits per heavy atom. The summed E-state index contributed by atoms with van der Waals surface area (Å²) >= 11 is 1.45. The van der Waals surface area contributed by atoms with Crippen LogP contribution in [0.3, 0.4) is 0 Å². The average molecular weight is 353 g/mol. The summed E-state index contributed by atoms with van der Waals surface area (Å²) in [4.78, 5) is 15.3. The summed E-state index contributed by atoms with van der Waals surface area (Å²) in [6.45, 7) is 1.86. The lowest BCUT2D eigenvalue weighted by Crippen LogP contribution is -2.11. The smallest absolute Gasteiger partial charge is 0.269 e. The van der Waals surface area contributed by atoms with Crippen molar-refractivity contribution < 1.29 is 4.92 Å². The number of nitrogens with zero attached hydrogens (tertiary/aromatic N) is 5. The molecule has 0 saturated heterocycles. The zero-order chi connectivity index (χ0) is 17.8. The van der Waals surface area contributed by atoms with Crippen molar-refractivity contribution in [3.63, 3.8) is 0 Å². The summed E-state index contributed by atoms with van der Waals surface area (Å²) in [6.07, 6.45) is 1.71. The second-order valence-corrected chi connectivity index (χ2v) is 6.10. The molecular formula is C17H15N5O2S. The number of thiazole rings is 1. The first kappa shape index (κ1) is 16.7. The molecule has 2 heterocycles. The quantitative estimate of drug-likeness (QED) is 0.409. The molecule has 1 aromatic carbocycles. The van der Waals surface area contributed by atoms with Gasteiger partial charge in [0.05, 0.1) is 22.0 Å². The SMILES string of the molecule is C/C(=N\N=c1/scc(-c2ccc([N+](=O)[O-])cc2)n1C)c1ccccn1. The van der Waals surface area contributed by atoms with Crippen molar-refractivity contribution in [2.24, 2.45) is 17.3 Å². The maximum Gasteiger partial charge on any atom is 0.269 e. The number of aromatic nitrogens is 2. The molecule has 0 unspecified atom stereocenters. The molecule has 0 saturated carbocycles. The molecule has 2 aromatic heterocycles. The van der Waals surface area contributed by atoms with Crippen LogP contribution in [0, 0.1) is 10.1 Å². The van der Waals surface area contributed by atoms with E-state index >= 15 is 0 Å². The fraction of sp³-hybridized carbons (Fsp3) is 0.118. The van der Waals surface area contributed by atoms with Crippen LogP contribution in [0.4, 0.5) is 5.69 Å². The summed E-state index contributed by atoms with van der Waals surface area (Å²) in [6, 6.07) is 12.1. The van der Waals surface area contributed by atoms with E-state index in [1.807, 2.05) is 42.1 Å². The Kier molecular flexibility index (Phi) is 4.80. The molecule has 0 bridgehead atoms. The van der Waals surface area contributed by atoms with Gasteiger partial charge in [-0.3, -0.25) is 15.1 Å². The minimum Gasteiger partial charge on any atom is -0.318 e. The molecule has 0 aliphatic carbocycles. The molecule has 0 radical (unpaired) electrons. The molecule has 0 amide bonds. The van der Waals surface area contributed by atoms with Crippen LogP contribution in [0.5, 0.6) is 0 Å². The first-order valence-electron chi connectivity index (χ1n) is 7.45. The highest BCUT2D eigenvalue weighted by Gasteiger charge is 2.08. The number of rotatable bonds is 4. The summed E-state index contributed by atoms with van der Waals surface area (Å²) in [5.41, 5.74) is 3.38. The van der Waals surface area contributed by atoms with Crippen LogP contribution >= 0.6 is 11.3 Å². The average Bonchev–Trinajstić information content (AvgIpc) is 3.01. The molecule has 3 aromatic rings. The highest BCUT2D eigenvalue weighted by Crippen LogP contribution is 2.22. The molecule has 3 rings (SSSR count). The van der Waals surface area contributed by atoms with Gasteiger partial charge in [0.2, 0.25) is 4.80 Å². The van der Waals surface area contributed by atoms with E-state index in [2.05, 4.69) is 15.2 Å². The highest BCUT2D eigenvalue weighted by atomic mass is 32.1. The minimum atomic E-state index is -0.409. The second-order valence-electron chi connectivity index (χ2n) is 5.27. The molecule has 126 valence electrons. The van der Waals surface area contributed by atoms with Crippen LogP contribution in [0.25, 0.3) is 11.3 Å². The molecule has 0 atom stereocenters. The standard InChI is InChI=1S/C17H15N5O2S/c1-12(15-5-3-4-10-18-15)19-20-17-21(2)16(11-25-17)13-6-8-14(9-7-13)22(23)24/h3-11H,1-2H3/b19-12+,20-17-. The Balaban J connectivity index is 1.92. The normalized spacial score (nSPS) is 12.4. The number of nitro benzene ring substituents is 1. The monoisotopic (exact) mass is 353 g/mol. The van der Waals surface area contributed by atoms with Crippen LogP contribution in [0.1, 0.15) is 12.6 Å². The van der Waals surface area contributed by atoms with Gasteiger partial charge in [-0.1, -0.05) is 6.07 Å². The Bertz CT molecular complexity index is 988. The van der Waals surface area contributed by atoms with Gasteiger partial charge in [-0.2, -0.15) is 5.10 Å². The molecule has 0 spiro atoms. The van der Waals surface area contributed by atoms with Gasteiger partial charge in [0, 0.05) is 30.8 Å². The van der Waals surface area contributed by atoms with Crippen LogP contribution in [0.2, 0.25) is 0 Å². The van der Waals surface area contributed by atoms with E-state index in [9.17, 15) is 10.1 Å². The predicted octanol–water partition coefficient (Wildman–Crippen LogP) is 3.38. The highest BCUT2D eigenvalue weighted by molar-refractivity contribution is 7.07. The maximum atomic E-state index is 10.8. The molecular weight excluding hydrogens is 338 g/mol. The van der Waals surface area contributed by atoms with E-state index in [4.69, 9.17) is 0 Å². The largest absolute Gasteiger partial charge is 0.318 e. The van der Waals surface area contributed by atoms with Gasteiger partial charge in [0.15, 0.2) is 0 Å². The number of nitro groups is 1. The summed E-state index contributed by atoms with van der Waals surface area (Å²) in [7, 11) is 1.89. The first-order valence-corrected chi connectivity index (χ1v) is 8.33. The Morgan fingerprint density at radius 2 is 2.00 bits per heavy atom. The third-order valence-corrected chi connectivity index (χ3v) is 4.53. The van der Waals surface area contributed by atoms with Crippen LogP contribution < -0.4 is 4.80 Å². The predicted molar refractivity (Wildman–Crippen MR) is 97.4 cm³/mol. The van der Waals surface area contributed by atoms with Gasteiger partial charge in [-0.05, 0) is 36.8 Å². The van der Waals surface area contributed by atoms with Gasteiger partial charge in [-0.15, -0.1) is 16.4 Å². The van der Waals surface area contributed by atoms with E-state index in [-0.39, 0.29) is 5.69 Å². The van der Waals surface area contributed by atoms with Crippen molar-refractivity contribution in [3.8, 4) is 11.3 Å². The Labute approximate surface area is 147 Å². The molecule has 8 heteroatoms. The van der Waals surface area contributed by atoms with Crippen LogP contribution in [-0.4, -0.2) is 20.2 Å². The van der Waals surface area contributed by atoms with Crippen molar-refractivity contribution in [3.05, 3.63) is 74.7 Å². The van der Waals surface area contributed by atoms with Crippen LogP contribution in [-0.2, 0) is 7.05 Å². The van der Waals surface area contributed by atoms with Crippen molar-refractivity contribution in [1.29, 1.82) is 0 Å². The third-order valence-electron chi connectivity index (χ3n) is 3.62. The lowest BCUT2D eigenvalue weighted by Gasteiger charge is -2.02. The Morgan fingerprint density at radius 3 is 2.64 bits per heavy atom. The summed E-state index contributed by atoms with van der Waals surface area (Å²) in [5, 5.41) is 21.2. The molecule has 0 fully saturated rings. The lowest BCUT2D eigenvalue weighted by atomic mass is 10.1. The zero-order valence-corrected chi connectivity index (χ0v) is 14.5. The first-order chi connectivity index (χ1) is 12.1. The second kappa shape index (κ2) is 7.18. The van der Waals surface area contributed by atoms with E-state index in [1.165, 1.54) is 23.5 Å². The van der Waals surface area contributed by atoms with Crippen molar-refractivity contribution in [1.82, 2.24) is 9.55 Å². The molecule has 7 nitrogen and oxygen atoms in total. The number of non-ortho nitro benzene ring substituents is 1. The van der Waals surface area contributed by atoms with Gasteiger partial charge >= 0.3 is 0 Å². The Hall–Kier alpha value is -3.13. The summed E-state index contributed by atoms with van der Waals surface area (Å²) < 4.78 is 1.90. The topological polar surface area (TPSA) is 85.7 Å². The number of pyridine rings is 1. The number of hydrogen-bond donors (Lipinski definition) is 0. The van der Waals surface area contributed by atoms with E-state index in [1.54, 1.807) is 18.3 Å². The van der Waals surface area contributed by atoms with Crippen molar-refractivity contribution in [2.45, 2.75) is 6.92 Å². The fourth-order valence-electron chi connectivity index (χ4n) is 2.22. The van der Waals surface area contributed by atoms with E-state index in [0.29, 0.717) is 0 Å². The third kappa shape index (κ3) is 3.69.